The predicted octanol–water partition coefficient (Wildman–Crippen LogP) is 6.43. The van der Waals surface area contributed by atoms with E-state index >= 15 is 0 Å². The van der Waals surface area contributed by atoms with Crippen LogP contribution in [0.3, 0.4) is 0 Å². The molecule has 230 valence electrons. The zero-order chi connectivity index (χ0) is 31.7. The van der Waals surface area contributed by atoms with Crippen molar-refractivity contribution in [2.75, 3.05) is 23.7 Å². The van der Waals surface area contributed by atoms with Gasteiger partial charge in [-0.1, -0.05) is 47.1 Å². The van der Waals surface area contributed by atoms with Crippen LogP contribution in [0.15, 0.2) is 78.0 Å². The van der Waals surface area contributed by atoms with E-state index in [2.05, 4.69) is 69.8 Å². The molecule has 2 N–H and O–H groups in total. The number of aryl methyl sites for hydroxylation is 1. The summed E-state index contributed by atoms with van der Waals surface area (Å²) >= 11 is 6.71. The number of pyridine rings is 2. The van der Waals surface area contributed by atoms with Gasteiger partial charge in [0.05, 0.1) is 46.4 Å². The van der Waals surface area contributed by atoms with Gasteiger partial charge in [0.2, 0.25) is 5.56 Å². The maximum absolute atomic E-state index is 12.0. The average Bonchev–Trinajstić information content (AvgIpc) is 3.52. The Morgan fingerprint density at radius 3 is 2.51 bits per heavy atom. The van der Waals surface area contributed by atoms with Crippen LogP contribution in [0.1, 0.15) is 62.5 Å². The summed E-state index contributed by atoms with van der Waals surface area (Å²) in [6, 6.07) is 19.0. The molecule has 5 aromatic rings. The van der Waals surface area contributed by atoms with Crippen molar-refractivity contribution in [3.8, 4) is 6.07 Å². The van der Waals surface area contributed by atoms with Crippen molar-refractivity contribution in [3.63, 3.8) is 0 Å². The molecule has 6 rings (SSSR count). The summed E-state index contributed by atoms with van der Waals surface area (Å²) in [5, 5.41) is 27.3. The third kappa shape index (κ3) is 6.41. The Morgan fingerprint density at radius 1 is 1.07 bits per heavy atom. The summed E-state index contributed by atoms with van der Waals surface area (Å²) in [5.74, 6) is 0. The monoisotopic (exact) mass is 621 g/mol. The normalized spacial score (nSPS) is 15.1. The van der Waals surface area contributed by atoms with Gasteiger partial charge >= 0.3 is 0 Å². The lowest BCUT2D eigenvalue weighted by atomic mass is 9.98. The lowest BCUT2D eigenvalue weighted by molar-refractivity contribution is 0.0866. The topological polar surface area (TPSA) is 117 Å². The Balaban J connectivity index is 1.37. The fourth-order valence-electron chi connectivity index (χ4n) is 5.94. The molecule has 10 nitrogen and oxygen atoms in total. The number of nitriles is 1. The summed E-state index contributed by atoms with van der Waals surface area (Å²) in [7, 11) is 1.68. The molecule has 1 saturated heterocycles. The van der Waals surface area contributed by atoms with Crippen molar-refractivity contribution >= 4 is 39.6 Å². The van der Waals surface area contributed by atoms with Gasteiger partial charge in [-0.2, -0.15) is 5.26 Å². The minimum atomic E-state index is -0.339. The molecule has 4 heterocycles. The largest absolute Gasteiger partial charge is 0.371 e. The van der Waals surface area contributed by atoms with Crippen LogP contribution in [0.2, 0.25) is 5.02 Å². The van der Waals surface area contributed by atoms with E-state index in [0.717, 1.165) is 37.2 Å². The van der Waals surface area contributed by atoms with Gasteiger partial charge in [-0.25, -0.2) is 4.68 Å². The average molecular weight is 622 g/mol. The molecule has 0 aliphatic carbocycles. The van der Waals surface area contributed by atoms with Gasteiger partial charge in [0, 0.05) is 54.5 Å². The third-order valence-electron chi connectivity index (χ3n) is 8.46. The highest BCUT2D eigenvalue weighted by atomic mass is 35.5. The van der Waals surface area contributed by atoms with Crippen LogP contribution in [0.4, 0.5) is 17.1 Å². The highest BCUT2D eigenvalue weighted by molar-refractivity contribution is 6.32. The number of benzene rings is 2. The van der Waals surface area contributed by atoms with E-state index in [1.807, 2.05) is 35.1 Å². The maximum Gasteiger partial charge on any atom is 0.250 e. The van der Waals surface area contributed by atoms with Gasteiger partial charge in [-0.05, 0) is 57.4 Å². The van der Waals surface area contributed by atoms with Crippen LogP contribution in [0.25, 0.3) is 10.9 Å². The molecule has 1 atom stereocenters. The van der Waals surface area contributed by atoms with Crippen molar-refractivity contribution in [1.29, 1.82) is 5.26 Å². The number of fused-ring (bicyclic) bond motifs is 1. The second-order valence-electron chi connectivity index (χ2n) is 12.5. The van der Waals surface area contributed by atoms with Crippen molar-refractivity contribution in [1.82, 2.24) is 29.4 Å². The van der Waals surface area contributed by atoms with E-state index in [0.29, 0.717) is 38.6 Å². The van der Waals surface area contributed by atoms with Crippen LogP contribution >= 0.6 is 11.6 Å². The Kier molecular flexibility index (Phi) is 8.32. The second kappa shape index (κ2) is 12.3. The second-order valence-corrected chi connectivity index (χ2v) is 12.9. The highest BCUT2D eigenvalue weighted by Crippen LogP contribution is 2.37. The molecule has 1 aliphatic heterocycles. The van der Waals surface area contributed by atoms with Gasteiger partial charge in [0.1, 0.15) is 11.8 Å². The van der Waals surface area contributed by atoms with E-state index in [-0.39, 0.29) is 23.2 Å². The van der Waals surface area contributed by atoms with Crippen molar-refractivity contribution in [2.24, 2.45) is 7.05 Å². The zero-order valence-corrected chi connectivity index (χ0v) is 26.6. The molecule has 45 heavy (non-hydrogen) atoms. The molecule has 11 heteroatoms. The van der Waals surface area contributed by atoms with Gasteiger partial charge in [-0.3, -0.25) is 14.7 Å². The Bertz CT molecular complexity index is 1930. The van der Waals surface area contributed by atoms with Crippen molar-refractivity contribution in [3.05, 3.63) is 105 Å². The zero-order valence-electron chi connectivity index (χ0n) is 25.8. The SMILES string of the molecule is Cn1cc(Nc2c(C#N)cnc3c(N[C@@H](c4ccccc4)c4cn(C5CCN(C(C)(C)C)CC5)nn4)cc(Cl)cc23)ccc1=O. The standard InChI is InChI=1S/C34H36ClN9O/c1-34(2,3)43-14-12-26(13-15-43)44-21-29(40-41-44)32(22-8-6-5-7-9-22)39-28-17-24(35)16-27-31(23(18-36)19-37-33(27)28)38-25-10-11-30(45)42(4)20-25/h5-11,16-17,19-21,26,32,39H,12-15H2,1-4H3,(H,37,38)/t32-/m0/s1. The van der Waals surface area contributed by atoms with Gasteiger partial charge < -0.3 is 15.2 Å². The number of hydrogen-bond donors (Lipinski definition) is 2. The maximum atomic E-state index is 12.0. The molecular weight excluding hydrogens is 586 g/mol. The molecule has 2 aromatic carbocycles. The van der Waals surface area contributed by atoms with Crippen LogP contribution in [0.5, 0.6) is 0 Å². The van der Waals surface area contributed by atoms with Crippen LogP contribution in [-0.2, 0) is 7.05 Å². The molecule has 3 aromatic heterocycles. The summed E-state index contributed by atoms with van der Waals surface area (Å²) in [6.45, 7) is 8.82. The number of rotatable bonds is 7. The quantitative estimate of drug-likeness (QED) is 0.214. The van der Waals surface area contributed by atoms with Gasteiger partial charge in [0.25, 0.3) is 0 Å². The summed E-state index contributed by atoms with van der Waals surface area (Å²) in [5.41, 5.74) is 4.69. The first-order valence-corrected chi connectivity index (χ1v) is 15.4. The summed E-state index contributed by atoms with van der Waals surface area (Å²) in [6.07, 6.45) is 7.30. The minimum absolute atomic E-state index is 0.130. The van der Waals surface area contributed by atoms with Crippen LogP contribution < -0.4 is 16.2 Å². The van der Waals surface area contributed by atoms with Gasteiger partial charge in [-0.15, -0.1) is 5.10 Å². The number of piperidine rings is 1. The van der Waals surface area contributed by atoms with Crippen LogP contribution in [-0.4, -0.2) is 48.1 Å². The lowest BCUT2D eigenvalue weighted by Gasteiger charge is -2.40. The molecule has 0 bridgehead atoms. The van der Waals surface area contributed by atoms with E-state index in [1.54, 1.807) is 31.6 Å². The summed E-state index contributed by atoms with van der Waals surface area (Å²) < 4.78 is 3.49. The van der Waals surface area contributed by atoms with E-state index in [9.17, 15) is 10.1 Å². The van der Waals surface area contributed by atoms with E-state index < -0.39 is 0 Å². The minimum Gasteiger partial charge on any atom is -0.371 e. The number of aromatic nitrogens is 5. The Morgan fingerprint density at radius 2 is 1.82 bits per heavy atom. The molecule has 1 aliphatic rings. The van der Waals surface area contributed by atoms with E-state index in [1.165, 1.54) is 10.6 Å². The molecular formula is C34H36ClN9O. The van der Waals surface area contributed by atoms with Crippen molar-refractivity contribution < 1.29 is 0 Å². The molecule has 0 amide bonds. The molecule has 0 saturated carbocycles. The number of anilines is 3. The van der Waals surface area contributed by atoms with Gasteiger partial charge in [0.15, 0.2) is 0 Å². The molecule has 0 unspecified atom stereocenters. The first-order valence-electron chi connectivity index (χ1n) is 15.0. The van der Waals surface area contributed by atoms with Crippen molar-refractivity contribution in [2.45, 2.75) is 51.2 Å². The lowest BCUT2D eigenvalue weighted by Crippen LogP contribution is -2.46. The number of hydrogen-bond acceptors (Lipinski definition) is 8. The summed E-state index contributed by atoms with van der Waals surface area (Å²) in [4.78, 5) is 19.2. The molecule has 1 fully saturated rings. The highest BCUT2D eigenvalue weighted by Gasteiger charge is 2.29. The number of nitrogens with one attached hydrogen (secondary N) is 2. The smallest absolute Gasteiger partial charge is 0.250 e. The molecule has 0 spiro atoms. The number of halogens is 1. The first kappa shape index (κ1) is 30.3. The van der Waals surface area contributed by atoms with Crippen LogP contribution in [0, 0.1) is 11.3 Å². The number of likely N-dealkylation sites (tertiary alicyclic amines) is 1. The Hall–Kier alpha value is -4.72. The number of nitrogens with zero attached hydrogens (tertiary/aromatic N) is 7. The fraction of sp³-hybridized carbons (Fsp3) is 0.324. The van der Waals surface area contributed by atoms with E-state index in [4.69, 9.17) is 11.6 Å². The predicted molar refractivity (Wildman–Crippen MR) is 178 cm³/mol. The fourth-order valence-corrected chi connectivity index (χ4v) is 6.16. The third-order valence-corrected chi connectivity index (χ3v) is 8.67. The molecule has 0 radical (unpaired) electrons. The first-order chi connectivity index (χ1) is 21.6. The Labute approximate surface area is 267 Å².